The summed E-state index contributed by atoms with van der Waals surface area (Å²) in [5.41, 5.74) is 1.13. The van der Waals surface area contributed by atoms with Crippen LogP contribution in [0.3, 0.4) is 0 Å². The Bertz CT molecular complexity index is 351. The minimum absolute atomic E-state index is 0.362. The van der Waals surface area contributed by atoms with Gasteiger partial charge in [-0.1, -0.05) is 19.1 Å². The summed E-state index contributed by atoms with van der Waals surface area (Å²) in [6.45, 7) is 5.47. The van der Waals surface area contributed by atoms with Crippen LogP contribution < -0.4 is 0 Å². The lowest BCUT2D eigenvalue weighted by atomic mass is 10.1. The van der Waals surface area contributed by atoms with Gasteiger partial charge in [0.25, 0.3) is 0 Å². The van der Waals surface area contributed by atoms with Crippen molar-refractivity contribution >= 4 is 0 Å². The molecule has 1 aromatic heterocycles. The van der Waals surface area contributed by atoms with Gasteiger partial charge < -0.3 is 4.74 Å². The van der Waals surface area contributed by atoms with Crippen LogP contribution in [0.4, 0.5) is 0 Å². The smallest absolute Gasteiger partial charge is 0.188 e. The maximum atomic E-state index is 8.81. The van der Waals surface area contributed by atoms with Crippen LogP contribution in [0.1, 0.15) is 31.7 Å². The zero-order chi connectivity index (χ0) is 11.3. The molecule has 0 saturated carbocycles. The zero-order valence-electron chi connectivity index (χ0n) is 9.40. The monoisotopic (exact) mass is 208 g/mol. The van der Waals surface area contributed by atoms with Gasteiger partial charge in [0.15, 0.2) is 5.69 Å². The number of hydrogen-bond donors (Lipinski definition) is 0. The summed E-state index contributed by atoms with van der Waals surface area (Å²) >= 11 is 0. The van der Waals surface area contributed by atoms with Crippen LogP contribution in [0.15, 0.2) is 0 Å². The Kier molecular flexibility index (Phi) is 4.25. The number of aromatic nitrogens is 3. The molecule has 0 radical (unpaired) electrons. The molecule has 5 nitrogen and oxygen atoms in total. The molecule has 0 aliphatic heterocycles. The first kappa shape index (κ1) is 11.7. The molecule has 0 aliphatic rings. The van der Waals surface area contributed by atoms with Gasteiger partial charge in [0.2, 0.25) is 0 Å². The molecule has 0 bridgehead atoms. The minimum Gasteiger partial charge on any atom is -0.378 e. The van der Waals surface area contributed by atoms with E-state index in [1.54, 1.807) is 11.8 Å². The third kappa shape index (κ3) is 3.03. The quantitative estimate of drug-likeness (QED) is 0.732. The molecule has 0 amide bonds. The predicted octanol–water partition coefficient (Wildman–Crippen LogP) is 1.34. The lowest BCUT2D eigenvalue weighted by Gasteiger charge is -2.07. The molecule has 0 fully saturated rings. The van der Waals surface area contributed by atoms with Gasteiger partial charge in [-0.3, -0.25) is 0 Å². The highest BCUT2D eigenvalue weighted by Gasteiger charge is 2.12. The van der Waals surface area contributed by atoms with Crippen LogP contribution in [0, 0.1) is 17.2 Å². The van der Waals surface area contributed by atoms with Crippen molar-refractivity contribution in [2.24, 2.45) is 5.92 Å². The Hall–Kier alpha value is -1.41. The molecule has 0 unspecified atom stereocenters. The van der Waals surface area contributed by atoms with E-state index in [0.717, 1.165) is 18.7 Å². The van der Waals surface area contributed by atoms with Gasteiger partial charge in [-0.25, -0.2) is 4.68 Å². The Balaban J connectivity index is 2.78. The fraction of sp³-hybridized carbons (Fsp3) is 0.700. The molecular weight excluding hydrogens is 192 g/mol. The highest BCUT2D eigenvalue weighted by molar-refractivity contribution is 5.23. The van der Waals surface area contributed by atoms with Crippen LogP contribution in [-0.2, 0) is 17.9 Å². The van der Waals surface area contributed by atoms with Crippen molar-refractivity contribution in [1.82, 2.24) is 15.0 Å². The minimum atomic E-state index is 0.362. The molecule has 0 spiro atoms. The lowest BCUT2D eigenvalue weighted by Crippen LogP contribution is -2.08. The normalized spacial score (nSPS) is 10.6. The molecule has 0 saturated heterocycles. The summed E-state index contributed by atoms with van der Waals surface area (Å²) in [4.78, 5) is 0. The summed E-state index contributed by atoms with van der Waals surface area (Å²) in [6.07, 6.45) is 1.02. The zero-order valence-corrected chi connectivity index (χ0v) is 9.40. The first-order chi connectivity index (χ1) is 7.19. The molecule has 82 valence electrons. The Morgan fingerprint density at radius 3 is 2.80 bits per heavy atom. The standard InChI is InChI=1S/C10H16N4O/c1-8(2)4-5-14-10(7-15-3)9(6-11)12-13-14/h8H,4-5,7H2,1-3H3. The van der Waals surface area contributed by atoms with E-state index in [4.69, 9.17) is 10.00 Å². The highest BCUT2D eigenvalue weighted by Crippen LogP contribution is 2.09. The first-order valence-electron chi connectivity index (χ1n) is 5.00. The van der Waals surface area contributed by atoms with E-state index < -0.39 is 0 Å². The number of hydrogen-bond acceptors (Lipinski definition) is 4. The third-order valence-electron chi connectivity index (χ3n) is 2.14. The van der Waals surface area contributed by atoms with Gasteiger partial charge in [0.05, 0.1) is 6.61 Å². The average Bonchev–Trinajstić information content (AvgIpc) is 2.58. The van der Waals surface area contributed by atoms with E-state index in [-0.39, 0.29) is 0 Å². The number of methoxy groups -OCH3 is 1. The Morgan fingerprint density at radius 1 is 1.53 bits per heavy atom. The maximum absolute atomic E-state index is 8.81. The van der Waals surface area contributed by atoms with Gasteiger partial charge in [0.1, 0.15) is 11.8 Å². The fourth-order valence-electron chi connectivity index (χ4n) is 1.26. The van der Waals surface area contributed by atoms with Gasteiger partial charge in [-0.2, -0.15) is 5.26 Å². The van der Waals surface area contributed by atoms with Crippen molar-refractivity contribution in [3.05, 3.63) is 11.4 Å². The SMILES string of the molecule is COCc1c(C#N)nnn1CCC(C)C. The van der Waals surface area contributed by atoms with E-state index >= 15 is 0 Å². The number of rotatable bonds is 5. The van der Waals surface area contributed by atoms with E-state index in [0.29, 0.717) is 18.2 Å². The van der Waals surface area contributed by atoms with Crippen LogP contribution >= 0.6 is 0 Å². The van der Waals surface area contributed by atoms with Crippen LogP contribution in [0.25, 0.3) is 0 Å². The van der Waals surface area contributed by atoms with Crippen molar-refractivity contribution in [2.75, 3.05) is 7.11 Å². The van der Waals surface area contributed by atoms with E-state index in [2.05, 4.69) is 24.2 Å². The number of nitrogens with zero attached hydrogens (tertiary/aromatic N) is 4. The van der Waals surface area contributed by atoms with E-state index in [1.807, 2.05) is 6.07 Å². The lowest BCUT2D eigenvalue weighted by molar-refractivity contribution is 0.175. The molecular formula is C10H16N4O. The number of aryl methyl sites for hydroxylation is 1. The largest absolute Gasteiger partial charge is 0.378 e. The molecule has 0 N–H and O–H groups in total. The summed E-state index contributed by atoms with van der Waals surface area (Å²) in [5, 5.41) is 16.6. The van der Waals surface area contributed by atoms with Crippen LogP contribution in [0.5, 0.6) is 0 Å². The molecule has 0 atom stereocenters. The molecule has 5 heteroatoms. The van der Waals surface area contributed by atoms with Gasteiger partial charge in [-0.15, -0.1) is 5.10 Å². The molecule has 0 aromatic carbocycles. The predicted molar refractivity (Wildman–Crippen MR) is 54.9 cm³/mol. The highest BCUT2D eigenvalue weighted by atomic mass is 16.5. The van der Waals surface area contributed by atoms with Crippen LogP contribution in [0.2, 0.25) is 0 Å². The topological polar surface area (TPSA) is 63.7 Å². The third-order valence-corrected chi connectivity index (χ3v) is 2.14. The second kappa shape index (κ2) is 5.47. The average molecular weight is 208 g/mol. The Labute approximate surface area is 89.7 Å². The molecule has 1 heterocycles. The van der Waals surface area contributed by atoms with Crippen molar-refractivity contribution in [2.45, 2.75) is 33.4 Å². The van der Waals surface area contributed by atoms with Crippen molar-refractivity contribution in [3.8, 4) is 6.07 Å². The Morgan fingerprint density at radius 2 is 2.27 bits per heavy atom. The fourth-order valence-corrected chi connectivity index (χ4v) is 1.26. The summed E-state index contributed by atoms with van der Waals surface area (Å²) in [6, 6.07) is 2.01. The van der Waals surface area contributed by atoms with Crippen molar-refractivity contribution in [3.63, 3.8) is 0 Å². The van der Waals surface area contributed by atoms with E-state index in [9.17, 15) is 0 Å². The van der Waals surface area contributed by atoms with Gasteiger partial charge in [-0.05, 0) is 12.3 Å². The summed E-state index contributed by atoms with van der Waals surface area (Å²) in [5.74, 6) is 0.607. The molecule has 15 heavy (non-hydrogen) atoms. The number of nitriles is 1. The summed E-state index contributed by atoms with van der Waals surface area (Å²) in [7, 11) is 1.60. The molecule has 1 rings (SSSR count). The first-order valence-corrected chi connectivity index (χ1v) is 5.00. The molecule has 0 aliphatic carbocycles. The second-order valence-corrected chi connectivity index (χ2v) is 3.84. The van der Waals surface area contributed by atoms with Crippen LogP contribution in [-0.4, -0.2) is 22.1 Å². The summed E-state index contributed by atoms with van der Waals surface area (Å²) < 4.78 is 6.78. The van der Waals surface area contributed by atoms with E-state index in [1.165, 1.54) is 0 Å². The van der Waals surface area contributed by atoms with Crippen molar-refractivity contribution < 1.29 is 4.74 Å². The van der Waals surface area contributed by atoms with Gasteiger partial charge >= 0.3 is 0 Å². The second-order valence-electron chi connectivity index (χ2n) is 3.84. The number of ether oxygens (including phenoxy) is 1. The maximum Gasteiger partial charge on any atom is 0.188 e. The van der Waals surface area contributed by atoms with Crippen molar-refractivity contribution in [1.29, 1.82) is 5.26 Å². The molecule has 1 aromatic rings. The van der Waals surface area contributed by atoms with Gasteiger partial charge in [0, 0.05) is 13.7 Å².